The zero-order valence-corrected chi connectivity index (χ0v) is 10.6. The summed E-state index contributed by atoms with van der Waals surface area (Å²) >= 11 is 0. The molecule has 0 unspecified atom stereocenters. The predicted octanol–water partition coefficient (Wildman–Crippen LogP) is 3.75. The van der Waals surface area contributed by atoms with Crippen LogP contribution in [0.5, 0.6) is 0 Å². The minimum atomic E-state index is 0.445. The lowest BCUT2D eigenvalue weighted by molar-refractivity contribution is 0.468. The fourth-order valence-electron chi connectivity index (χ4n) is 1.95. The van der Waals surface area contributed by atoms with Gasteiger partial charge in [0.1, 0.15) is 0 Å². The molecule has 0 radical (unpaired) electrons. The standard InChI is InChI=1S/C14H23N/c1-6-12(4)15-13(5)14-8-7-10(2)9-11(14)3/h7-9,12-13,15H,6H2,1-5H3/t12-,13+/m0/s1. The summed E-state index contributed by atoms with van der Waals surface area (Å²) in [5.41, 5.74) is 4.14. The maximum absolute atomic E-state index is 3.61. The minimum absolute atomic E-state index is 0.445. The van der Waals surface area contributed by atoms with Crippen molar-refractivity contribution in [2.75, 3.05) is 0 Å². The highest BCUT2D eigenvalue weighted by molar-refractivity contribution is 5.32. The molecule has 84 valence electrons. The molecule has 0 bridgehead atoms. The molecule has 0 saturated carbocycles. The summed E-state index contributed by atoms with van der Waals surface area (Å²) in [7, 11) is 0. The van der Waals surface area contributed by atoms with E-state index in [0.29, 0.717) is 12.1 Å². The second-order valence-electron chi connectivity index (χ2n) is 4.56. The second-order valence-corrected chi connectivity index (χ2v) is 4.56. The maximum atomic E-state index is 3.61. The summed E-state index contributed by atoms with van der Waals surface area (Å²) in [6, 6.07) is 7.72. The van der Waals surface area contributed by atoms with E-state index < -0.39 is 0 Å². The highest BCUT2D eigenvalue weighted by atomic mass is 14.9. The average molecular weight is 205 g/mol. The van der Waals surface area contributed by atoms with Crippen LogP contribution in [-0.2, 0) is 0 Å². The van der Waals surface area contributed by atoms with Crippen LogP contribution in [-0.4, -0.2) is 6.04 Å². The zero-order chi connectivity index (χ0) is 11.4. The van der Waals surface area contributed by atoms with Crippen molar-refractivity contribution in [2.45, 2.75) is 53.1 Å². The van der Waals surface area contributed by atoms with Crippen LogP contribution >= 0.6 is 0 Å². The molecule has 15 heavy (non-hydrogen) atoms. The van der Waals surface area contributed by atoms with Crippen LogP contribution in [0.25, 0.3) is 0 Å². The molecule has 1 aromatic rings. The van der Waals surface area contributed by atoms with E-state index in [-0.39, 0.29) is 0 Å². The van der Waals surface area contributed by atoms with Crippen LogP contribution < -0.4 is 5.32 Å². The van der Waals surface area contributed by atoms with Crippen molar-refractivity contribution in [3.8, 4) is 0 Å². The molecule has 0 aliphatic carbocycles. The van der Waals surface area contributed by atoms with Gasteiger partial charge in [0.25, 0.3) is 0 Å². The Labute approximate surface area is 93.9 Å². The molecule has 0 spiro atoms. The van der Waals surface area contributed by atoms with Crippen molar-refractivity contribution >= 4 is 0 Å². The number of rotatable bonds is 4. The minimum Gasteiger partial charge on any atom is -0.308 e. The Hall–Kier alpha value is -0.820. The monoisotopic (exact) mass is 205 g/mol. The van der Waals surface area contributed by atoms with Gasteiger partial charge in [0.05, 0.1) is 0 Å². The van der Waals surface area contributed by atoms with Gasteiger partial charge in [0.15, 0.2) is 0 Å². The van der Waals surface area contributed by atoms with E-state index in [4.69, 9.17) is 0 Å². The largest absolute Gasteiger partial charge is 0.308 e. The van der Waals surface area contributed by atoms with E-state index in [1.807, 2.05) is 0 Å². The number of aryl methyl sites for hydroxylation is 2. The molecular formula is C14H23N. The van der Waals surface area contributed by atoms with Gasteiger partial charge in [-0.15, -0.1) is 0 Å². The van der Waals surface area contributed by atoms with Gasteiger partial charge in [0, 0.05) is 12.1 Å². The first-order valence-electron chi connectivity index (χ1n) is 5.87. The Morgan fingerprint density at radius 2 is 1.87 bits per heavy atom. The quantitative estimate of drug-likeness (QED) is 0.789. The lowest BCUT2D eigenvalue weighted by atomic mass is 9.99. The summed E-state index contributed by atoms with van der Waals surface area (Å²) < 4.78 is 0. The number of hydrogen-bond acceptors (Lipinski definition) is 1. The van der Waals surface area contributed by atoms with Gasteiger partial charge < -0.3 is 5.32 Å². The van der Waals surface area contributed by atoms with E-state index in [1.165, 1.54) is 23.1 Å². The first-order valence-corrected chi connectivity index (χ1v) is 5.87. The fraction of sp³-hybridized carbons (Fsp3) is 0.571. The first kappa shape index (κ1) is 12.3. The fourth-order valence-corrected chi connectivity index (χ4v) is 1.95. The van der Waals surface area contributed by atoms with Crippen LogP contribution in [0.1, 0.15) is 49.9 Å². The molecule has 1 nitrogen and oxygen atoms in total. The van der Waals surface area contributed by atoms with E-state index in [2.05, 4.69) is 58.1 Å². The molecule has 0 aliphatic rings. The Balaban J connectivity index is 2.77. The third kappa shape index (κ3) is 3.35. The third-order valence-corrected chi connectivity index (χ3v) is 3.04. The van der Waals surface area contributed by atoms with Crippen LogP contribution in [0.3, 0.4) is 0 Å². The van der Waals surface area contributed by atoms with Gasteiger partial charge in [-0.1, -0.05) is 30.7 Å². The number of benzene rings is 1. The van der Waals surface area contributed by atoms with Crippen molar-refractivity contribution in [1.82, 2.24) is 5.32 Å². The van der Waals surface area contributed by atoms with Crippen molar-refractivity contribution in [3.05, 3.63) is 34.9 Å². The van der Waals surface area contributed by atoms with Gasteiger partial charge in [-0.3, -0.25) is 0 Å². The Bertz CT molecular complexity index is 317. The molecule has 0 fully saturated rings. The van der Waals surface area contributed by atoms with Gasteiger partial charge in [0.2, 0.25) is 0 Å². The van der Waals surface area contributed by atoms with Gasteiger partial charge in [-0.05, 0) is 45.2 Å². The lowest BCUT2D eigenvalue weighted by Crippen LogP contribution is -2.28. The van der Waals surface area contributed by atoms with Crippen molar-refractivity contribution in [2.24, 2.45) is 0 Å². The van der Waals surface area contributed by atoms with E-state index in [0.717, 1.165) is 0 Å². The molecule has 1 aromatic carbocycles. The zero-order valence-electron chi connectivity index (χ0n) is 10.6. The molecular weight excluding hydrogens is 182 g/mol. The van der Waals surface area contributed by atoms with Gasteiger partial charge in [-0.25, -0.2) is 0 Å². The second kappa shape index (κ2) is 5.32. The molecule has 0 aliphatic heterocycles. The normalized spacial score (nSPS) is 15.0. The number of hydrogen-bond donors (Lipinski definition) is 1. The summed E-state index contributed by atoms with van der Waals surface area (Å²) in [5.74, 6) is 0. The Morgan fingerprint density at radius 3 is 2.40 bits per heavy atom. The maximum Gasteiger partial charge on any atom is 0.0296 e. The van der Waals surface area contributed by atoms with Crippen LogP contribution in [0.2, 0.25) is 0 Å². The van der Waals surface area contributed by atoms with Crippen molar-refractivity contribution in [3.63, 3.8) is 0 Å². The molecule has 1 rings (SSSR count). The Morgan fingerprint density at radius 1 is 1.20 bits per heavy atom. The Kier molecular flexibility index (Phi) is 4.34. The molecule has 1 heteroatoms. The summed E-state index contributed by atoms with van der Waals surface area (Å²) in [6.45, 7) is 11.0. The summed E-state index contributed by atoms with van der Waals surface area (Å²) in [4.78, 5) is 0. The predicted molar refractivity (Wildman–Crippen MR) is 67.2 cm³/mol. The smallest absolute Gasteiger partial charge is 0.0296 e. The van der Waals surface area contributed by atoms with Gasteiger partial charge in [-0.2, -0.15) is 0 Å². The molecule has 0 amide bonds. The topological polar surface area (TPSA) is 12.0 Å². The lowest BCUT2D eigenvalue weighted by Gasteiger charge is -2.21. The molecule has 0 saturated heterocycles. The number of nitrogens with one attached hydrogen (secondary N) is 1. The van der Waals surface area contributed by atoms with Crippen LogP contribution in [0.4, 0.5) is 0 Å². The van der Waals surface area contributed by atoms with Crippen molar-refractivity contribution in [1.29, 1.82) is 0 Å². The SMILES string of the molecule is CC[C@H](C)N[C@H](C)c1ccc(C)cc1C. The summed E-state index contributed by atoms with van der Waals surface area (Å²) in [5, 5.41) is 3.61. The molecule has 0 aromatic heterocycles. The molecule has 0 heterocycles. The molecule has 1 N–H and O–H groups in total. The highest BCUT2D eigenvalue weighted by Gasteiger charge is 2.09. The summed E-state index contributed by atoms with van der Waals surface area (Å²) in [6.07, 6.45) is 1.18. The molecule has 2 atom stereocenters. The highest BCUT2D eigenvalue weighted by Crippen LogP contribution is 2.19. The first-order chi connectivity index (χ1) is 7.04. The van der Waals surface area contributed by atoms with E-state index in [1.54, 1.807) is 0 Å². The van der Waals surface area contributed by atoms with Crippen LogP contribution in [0.15, 0.2) is 18.2 Å². The third-order valence-electron chi connectivity index (χ3n) is 3.04. The van der Waals surface area contributed by atoms with Crippen LogP contribution in [0, 0.1) is 13.8 Å². The van der Waals surface area contributed by atoms with E-state index in [9.17, 15) is 0 Å². The van der Waals surface area contributed by atoms with Gasteiger partial charge >= 0.3 is 0 Å². The average Bonchev–Trinajstić information content (AvgIpc) is 2.17. The van der Waals surface area contributed by atoms with Crippen molar-refractivity contribution < 1.29 is 0 Å². The van der Waals surface area contributed by atoms with E-state index >= 15 is 0 Å².